The number of Topliss-reactive ketones (excluding diaryl/α,β-unsaturated/α-hetero) is 1. The highest BCUT2D eigenvalue weighted by atomic mass is 32.2. The molecule has 0 aliphatic rings. The van der Waals surface area contributed by atoms with Crippen LogP contribution in [0.1, 0.15) is 17.3 Å². The number of thioether (sulfide) groups is 1. The number of ketones is 1. The van der Waals surface area contributed by atoms with E-state index in [2.05, 4.69) is 15.5 Å². The lowest BCUT2D eigenvalue weighted by Gasteiger charge is -2.02. The fourth-order valence-electron chi connectivity index (χ4n) is 2.04. The summed E-state index contributed by atoms with van der Waals surface area (Å²) in [6.45, 7) is 1.41. The summed E-state index contributed by atoms with van der Waals surface area (Å²) in [6, 6.07) is 13.6. The molecule has 3 rings (SSSR count). The third-order valence-electron chi connectivity index (χ3n) is 3.09. The van der Waals surface area contributed by atoms with Crippen molar-refractivity contribution in [2.45, 2.75) is 11.3 Å². The van der Waals surface area contributed by atoms with E-state index in [0.29, 0.717) is 15.0 Å². The highest BCUT2D eigenvalue weighted by Gasteiger charge is 2.11. The van der Waals surface area contributed by atoms with Crippen LogP contribution in [0, 0.1) is 0 Å². The zero-order valence-electron chi connectivity index (χ0n) is 12.3. The molecule has 116 valence electrons. The Morgan fingerprint density at radius 3 is 2.70 bits per heavy atom. The molecule has 1 heterocycles. The summed E-state index contributed by atoms with van der Waals surface area (Å²) in [5.41, 5.74) is 0.683. The van der Waals surface area contributed by atoms with Gasteiger partial charge in [0.05, 0.1) is 5.75 Å². The van der Waals surface area contributed by atoms with Gasteiger partial charge in [0.25, 0.3) is 0 Å². The van der Waals surface area contributed by atoms with E-state index in [0.717, 1.165) is 10.8 Å². The number of carbonyl (C=O) groups is 2. The minimum Gasteiger partial charge on any atom is -0.301 e. The number of nitrogens with zero attached hydrogens (tertiary/aromatic N) is 2. The number of amides is 1. The molecule has 0 radical (unpaired) electrons. The van der Waals surface area contributed by atoms with E-state index < -0.39 is 0 Å². The number of hydrogen-bond donors (Lipinski definition) is 1. The quantitative estimate of drug-likeness (QED) is 0.435. The molecule has 0 fully saturated rings. The van der Waals surface area contributed by atoms with Crippen LogP contribution in [0.15, 0.2) is 46.8 Å². The Kier molecular flexibility index (Phi) is 4.68. The van der Waals surface area contributed by atoms with Crippen LogP contribution in [0.2, 0.25) is 0 Å². The van der Waals surface area contributed by atoms with Crippen LogP contribution in [-0.4, -0.2) is 27.6 Å². The second-order valence-electron chi connectivity index (χ2n) is 4.83. The maximum absolute atomic E-state index is 12.3. The van der Waals surface area contributed by atoms with Gasteiger partial charge in [0, 0.05) is 12.5 Å². The van der Waals surface area contributed by atoms with E-state index in [9.17, 15) is 9.59 Å². The van der Waals surface area contributed by atoms with Gasteiger partial charge in [-0.2, -0.15) is 0 Å². The van der Waals surface area contributed by atoms with E-state index in [1.165, 1.54) is 30.0 Å². The summed E-state index contributed by atoms with van der Waals surface area (Å²) in [6.07, 6.45) is 0. The summed E-state index contributed by atoms with van der Waals surface area (Å²) >= 11 is 2.58. The number of aromatic nitrogens is 2. The molecule has 7 heteroatoms. The van der Waals surface area contributed by atoms with Gasteiger partial charge in [0.1, 0.15) is 0 Å². The molecule has 1 N–H and O–H groups in total. The first kappa shape index (κ1) is 15.6. The van der Waals surface area contributed by atoms with E-state index in [4.69, 9.17) is 0 Å². The molecule has 0 spiro atoms. The van der Waals surface area contributed by atoms with Gasteiger partial charge in [-0.15, -0.1) is 10.2 Å². The van der Waals surface area contributed by atoms with Gasteiger partial charge in [0.2, 0.25) is 11.0 Å². The van der Waals surface area contributed by atoms with Crippen LogP contribution in [0.4, 0.5) is 5.13 Å². The number of benzene rings is 2. The fourth-order valence-corrected chi connectivity index (χ4v) is 3.74. The molecule has 0 atom stereocenters. The summed E-state index contributed by atoms with van der Waals surface area (Å²) in [5.74, 6) is 0.134. The van der Waals surface area contributed by atoms with Crippen LogP contribution in [0.3, 0.4) is 0 Å². The molecule has 5 nitrogen and oxygen atoms in total. The molecular weight excluding hydrogens is 330 g/mol. The Morgan fingerprint density at radius 1 is 1.13 bits per heavy atom. The lowest BCUT2D eigenvalue weighted by molar-refractivity contribution is -0.114. The van der Waals surface area contributed by atoms with Gasteiger partial charge in [-0.05, 0) is 16.8 Å². The van der Waals surface area contributed by atoms with Gasteiger partial charge in [0.15, 0.2) is 10.1 Å². The predicted octanol–water partition coefficient (Wildman–Crippen LogP) is 3.62. The molecule has 0 aliphatic carbocycles. The summed E-state index contributed by atoms with van der Waals surface area (Å²) in [5, 5.41) is 13.0. The Labute approximate surface area is 141 Å². The normalized spacial score (nSPS) is 10.7. The van der Waals surface area contributed by atoms with E-state index in [-0.39, 0.29) is 17.4 Å². The van der Waals surface area contributed by atoms with Crippen LogP contribution in [0.25, 0.3) is 10.8 Å². The highest BCUT2D eigenvalue weighted by molar-refractivity contribution is 8.01. The number of anilines is 1. The van der Waals surface area contributed by atoms with Gasteiger partial charge < -0.3 is 5.32 Å². The Bertz CT molecular complexity index is 876. The second kappa shape index (κ2) is 6.89. The molecule has 23 heavy (non-hydrogen) atoms. The molecule has 1 aromatic heterocycles. The number of fused-ring (bicyclic) bond motifs is 1. The van der Waals surface area contributed by atoms with Gasteiger partial charge >= 0.3 is 0 Å². The van der Waals surface area contributed by atoms with Crippen molar-refractivity contribution in [1.29, 1.82) is 0 Å². The monoisotopic (exact) mass is 343 g/mol. The molecular formula is C16H13N3O2S2. The lowest BCUT2D eigenvalue weighted by atomic mass is 10.1. The predicted molar refractivity (Wildman–Crippen MR) is 93.2 cm³/mol. The highest BCUT2D eigenvalue weighted by Crippen LogP contribution is 2.26. The average molecular weight is 343 g/mol. The number of nitrogens with one attached hydrogen (secondary N) is 1. The molecule has 0 bridgehead atoms. The van der Waals surface area contributed by atoms with Crippen molar-refractivity contribution in [3.05, 3.63) is 48.0 Å². The van der Waals surface area contributed by atoms with Gasteiger partial charge in [-0.25, -0.2) is 0 Å². The Hall–Kier alpha value is -2.25. The third kappa shape index (κ3) is 3.94. The fraction of sp³-hybridized carbons (Fsp3) is 0.125. The molecule has 3 aromatic rings. The number of hydrogen-bond acceptors (Lipinski definition) is 6. The van der Waals surface area contributed by atoms with Crippen LogP contribution in [-0.2, 0) is 4.79 Å². The van der Waals surface area contributed by atoms with Crippen molar-refractivity contribution in [1.82, 2.24) is 10.2 Å². The smallest absolute Gasteiger partial charge is 0.223 e. The van der Waals surface area contributed by atoms with Crippen LogP contribution in [0.5, 0.6) is 0 Å². The first-order valence-corrected chi connectivity index (χ1v) is 8.68. The number of rotatable bonds is 5. The maximum Gasteiger partial charge on any atom is 0.223 e. The van der Waals surface area contributed by atoms with E-state index >= 15 is 0 Å². The summed E-state index contributed by atoms with van der Waals surface area (Å²) < 4.78 is 0.655. The van der Waals surface area contributed by atoms with Gasteiger partial charge in [-0.1, -0.05) is 59.5 Å². The number of carbonyl (C=O) groups excluding carboxylic acids is 2. The van der Waals surface area contributed by atoms with Crippen molar-refractivity contribution < 1.29 is 9.59 Å². The molecule has 0 saturated carbocycles. The van der Waals surface area contributed by atoms with E-state index in [1.54, 1.807) is 0 Å². The SMILES string of the molecule is CC(=O)Nc1nnc(SCC(=O)c2ccc3ccccc3c2)s1. The van der Waals surface area contributed by atoms with Crippen molar-refractivity contribution in [3.63, 3.8) is 0 Å². The van der Waals surface area contributed by atoms with Crippen molar-refractivity contribution in [2.75, 3.05) is 11.1 Å². The first-order chi connectivity index (χ1) is 11.1. The van der Waals surface area contributed by atoms with Crippen LogP contribution < -0.4 is 5.32 Å². The molecule has 2 aromatic carbocycles. The molecule has 1 amide bonds. The third-order valence-corrected chi connectivity index (χ3v) is 5.06. The Morgan fingerprint density at radius 2 is 1.91 bits per heavy atom. The van der Waals surface area contributed by atoms with Crippen LogP contribution >= 0.6 is 23.1 Å². The molecule has 0 saturated heterocycles. The average Bonchev–Trinajstić information content (AvgIpc) is 2.98. The molecule has 0 aliphatic heterocycles. The van der Waals surface area contributed by atoms with Crippen molar-refractivity contribution >= 4 is 50.7 Å². The topological polar surface area (TPSA) is 72.0 Å². The minimum atomic E-state index is -0.190. The zero-order valence-corrected chi connectivity index (χ0v) is 13.9. The molecule has 0 unspecified atom stereocenters. The standard InChI is InChI=1S/C16H13N3O2S2/c1-10(20)17-15-18-19-16(23-15)22-9-14(21)13-7-6-11-4-2-3-5-12(11)8-13/h2-8H,9H2,1H3,(H,17,18,20). The summed E-state index contributed by atoms with van der Waals surface area (Å²) in [4.78, 5) is 23.3. The van der Waals surface area contributed by atoms with Crippen molar-refractivity contribution in [3.8, 4) is 0 Å². The largest absolute Gasteiger partial charge is 0.301 e. The zero-order chi connectivity index (χ0) is 16.2. The Balaban J connectivity index is 1.66. The maximum atomic E-state index is 12.3. The second-order valence-corrected chi connectivity index (χ2v) is 7.03. The van der Waals surface area contributed by atoms with Gasteiger partial charge in [-0.3, -0.25) is 9.59 Å². The first-order valence-electron chi connectivity index (χ1n) is 6.88. The lowest BCUT2D eigenvalue weighted by Crippen LogP contribution is -2.04. The summed E-state index contributed by atoms with van der Waals surface area (Å²) in [7, 11) is 0. The minimum absolute atomic E-state index is 0.0389. The van der Waals surface area contributed by atoms with Crippen molar-refractivity contribution in [2.24, 2.45) is 0 Å². The van der Waals surface area contributed by atoms with E-state index in [1.807, 2.05) is 42.5 Å².